The number of anilines is 1. The molecule has 0 aliphatic heterocycles. The molecule has 1 N–H and O–H groups in total. The average molecular weight is 368 g/mol. The molecule has 0 saturated heterocycles. The van der Waals surface area contributed by atoms with Crippen LogP contribution in [0.4, 0.5) is 5.69 Å². The maximum absolute atomic E-state index is 11.3. The van der Waals surface area contributed by atoms with Crippen LogP contribution in [-0.2, 0) is 22.5 Å². The molecule has 2 aromatic rings. The summed E-state index contributed by atoms with van der Waals surface area (Å²) in [5.74, 6) is -0.200. The first-order chi connectivity index (χ1) is 9.99. The van der Waals surface area contributed by atoms with E-state index in [1.807, 2.05) is 12.1 Å². The Balaban J connectivity index is 2.02. The Morgan fingerprint density at radius 2 is 2.00 bits per heavy atom. The van der Waals surface area contributed by atoms with Crippen molar-refractivity contribution in [2.45, 2.75) is 26.8 Å². The molecule has 0 aliphatic rings. The third kappa shape index (κ3) is 4.32. The smallest absolute Gasteiger partial charge is 0.310 e. The van der Waals surface area contributed by atoms with E-state index >= 15 is 0 Å². The van der Waals surface area contributed by atoms with Gasteiger partial charge in [-0.25, -0.2) is 0 Å². The van der Waals surface area contributed by atoms with Gasteiger partial charge in [0.15, 0.2) is 0 Å². The van der Waals surface area contributed by atoms with E-state index < -0.39 is 0 Å². The van der Waals surface area contributed by atoms with Crippen LogP contribution in [-0.4, -0.2) is 13.1 Å². The van der Waals surface area contributed by atoms with Gasteiger partial charge in [0.05, 0.1) is 19.2 Å². The van der Waals surface area contributed by atoms with E-state index in [-0.39, 0.29) is 5.97 Å². The van der Waals surface area contributed by atoms with Crippen molar-refractivity contribution in [1.82, 2.24) is 0 Å². The van der Waals surface area contributed by atoms with Crippen LogP contribution in [0.5, 0.6) is 0 Å². The van der Waals surface area contributed by atoms with E-state index in [4.69, 9.17) is 0 Å². The van der Waals surface area contributed by atoms with Crippen LogP contribution >= 0.6 is 27.3 Å². The van der Waals surface area contributed by atoms with E-state index in [9.17, 15) is 4.79 Å². The summed E-state index contributed by atoms with van der Waals surface area (Å²) in [7, 11) is 1.41. The predicted molar refractivity (Wildman–Crippen MR) is 91.0 cm³/mol. The second kappa shape index (κ2) is 7.09. The van der Waals surface area contributed by atoms with Crippen molar-refractivity contribution < 1.29 is 9.53 Å². The van der Waals surface area contributed by atoms with E-state index in [1.54, 1.807) is 11.3 Å². The van der Waals surface area contributed by atoms with Gasteiger partial charge >= 0.3 is 5.97 Å². The highest BCUT2D eigenvalue weighted by atomic mass is 79.9. The van der Waals surface area contributed by atoms with Gasteiger partial charge < -0.3 is 10.1 Å². The van der Waals surface area contributed by atoms with Crippen molar-refractivity contribution in [2.75, 3.05) is 12.4 Å². The number of esters is 1. The number of halogens is 1. The van der Waals surface area contributed by atoms with E-state index in [2.05, 4.69) is 52.0 Å². The summed E-state index contributed by atoms with van der Waals surface area (Å²) in [5.41, 5.74) is 3.57. The SMILES string of the molecule is COC(=O)Cc1ccc(CNc2c(C)cc(C)cc2Br)s1. The fourth-order valence-corrected chi connectivity index (χ4v) is 3.90. The van der Waals surface area contributed by atoms with Gasteiger partial charge in [0.1, 0.15) is 0 Å². The highest BCUT2D eigenvalue weighted by Crippen LogP contribution is 2.29. The number of ether oxygens (including phenoxy) is 1. The molecule has 0 saturated carbocycles. The molecule has 1 heterocycles. The van der Waals surface area contributed by atoms with Crippen LogP contribution in [0.3, 0.4) is 0 Å². The molecule has 21 heavy (non-hydrogen) atoms. The lowest BCUT2D eigenvalue weighted by Crippen LogP contribution is -2.02. The third-order valence-corrected chi connectivity index (χ3v) is 4.85. The van der Waals surface area contributed by atoms with E-state index in [0.29, 0.717) is 6.42 Å². The zero-order valence-corrected chi connectivity index (χ0v) is 14.7. The molecule has 0 aliphatic carbocycles. The molecule has 3 nitrogen and oxygen atoms in total. The number of thiophene rings is 1. The topological polar surface area (TPSA) is 38.3 Å². The molecule has 0 radical (unpaired) electrons. The van der Waals surface area contributed by atoms with E-state index in [1.165, 1.54) is 23.1 Å². The Bertz CT molecular complexity index is 628. The lowest BCUT2D eigenvalue weighted by Gasteiger charge is -2.12. The summed E-state index contributed by atoms with van der Waals surface area (Å²) >= 11 is 5.23. The van der Waals surface area contributed by atoms with Gasteiger partial charge in [0, 0.05) is 20.8 Å². The molecular formula is C16H18BrNO2S. The second-order valence-corrected chi connectivity index (χ2v) is 7.02. The number of methoxy groups -OCH3 is 1. The number of carbonyl (C=O) groups is 1. The number of benzene rings is 1. The largest absolute Gasteiger partial charge is 0.469 e. The molecule has 0 spiro atoms. The first kappa shape index (κ1) is 16.0. The summed E-state index contributed by atoms with van der Waals surface area (Å²) in [6.07, 6.45) is 0.342. The van der Waals surface area contributed by atoms with Crippen molar-refractivity contribution in [2.24, 2.45) is 0 Å². The van der Waals surface area contributed by atoms with Crippen molar-refractivity contribution in [3.63, 3.8) is 0 Å². The highest BCUT2D eigenvalue weighted by Gasteiger charge is 2.08. The zero-order chi connectivity index (χ0) is 15.4. The Morgan fingerprint density at radius 1 is 1.29 bits per heavy atom. The normalized spacial score (nSPS) is 10.5. The maximum atomic E-state index is 11.3. The Kier molecular flexibility index (Phi) is 5.42. The third-order valence-electron chi connectivity index (χ3n) is 3.13. The molecule has 1 aromatic carbocycles. The molecule has 0 bridgehead atoms. The highest BCUT2D eigenvalue weighted by molar-refractivity contribution is 9.10. The Hall–Kier alpha value is -1.33. The minimum Gasteiger partial charge on any atom is -0.469 e. The molecular weight excluding hydrogens is 350 g/mol. The van der Waals surface area contributed by atoms with Gasteiger partial charge in [-0.1, -0.05) is 6.07 Å². The molecule has 1 aromatic heterocycles. The van der Waals surface area contributed by atoms with Crippen LogP contribution in [0.25, 0.3) is 0 Å². The standard InChI is InChI=1S/C16H18BrNO2S/c1-10-6-11(2)16(14(17)7-10)18-9-13-5-4-12(21-13)8-15(19)20-3/h4-7,18H,8-9H2,1-3H3. The molecule has 2 rings (SSSR count). The van der Waals surface area contributed by atoms with Crippen LogP contribution in [0.1, 0.15) is 20.9 Å². The quantitative estimate of drug-likeness (QED) is 0.793. The minimum atomic E-state index is -0.200. The fraction of sp³-hybridized carbons (Fsp3) is 0.312. The fourth-order valence-electron chi connectivity index (χ4n) is 2.14. The number of rotatable bonds is 5. The number of carbonyl (C=O) groups excluding carboxylic acids is 1. The summed E-state index contributed by atoms with van der Waals surface area (Å²) in [6.45, 7) is 4.92. The van der Waals surface area contributed by atoms with Gasteiger partial charge in [-0.2, -0.15) is 0 Å². The predicted octanol–water partition coefficient (Wildman–Crippen LogP) is 4.46. The van der Waals surface area contributed by atoms with Crippen LogP contribution in [0.15, 0.2) is 28.7 Å². The van der Waals surface area contributed by atoms with Crippen LogP contribution in [0.2, 0.25) is 0 Å². The average Bonchev–Trinajstić information content (AvgIpc) is 2.85. The summed E-state index contributed by atoms with van der Waals surface area (Å²) in [6, 6.07) is 8.29. The monoisotopic (exact) mass is 367 g/mol. The van der Waals surface area contributed by atoms with E-state index in [0.717, 1.165) is 21.6 Å². The number of aryl methyl sites for hydroxylation is 2. The number of hydrogen-bond acceptors (Lipinski definition) is 4. The molecule has 5 heteroatoms. The van der Waals surface area contributed by atoms with Crippen LogP contribution in [0, 0.1) is 13.8 Å². The molecule has 0 fully saturated rings. The first-order valence-corrected chi connectivity index (χ1v) is 8.25. The second-order valence-electron chi connectivity index (χ2n) is 4.91. The Morgan fingerprint density at radius 3 is 2.67 bits per heavy atom. The molecule has 0 atom stereocenters. The van der Waals surface area contributed by atoms with Gasteiger partial charge in [0.25, 0.3) is 0 Å². The van der Waals surface area contributed by atoms with Gasteiger partial charge in [0.2, 0.25) is 0 Å². The summed E-state index contributed by atoms with van der Waals surface area (Å²) < 4.78 is 5.76. The maximum Gasteiger partial charge on any atom is 0.310 e. The van der Waals surface area contributed by atoms with Crippen molar-refractivity contribution in [1.29, 1.82) is 0 Å². The summed E-state index contributed by atoms with van der Waals surface area (Å²) in [5, 5.41) is 3.45. The van der Waals surface area contributed by atoms with Crippen molar-refractivity contribution in [3.05, 3.63) is 49.6 Å². The van der Waals surface area contributed by atoms with Gasteiger partial charge in [-0.05, 0) is 59.1 Å². The van der Waals surface area contributed by atoms with Crippen molar-refractivity contribution >= 4 is 38.9 Å². The molecule has 112 valence electrons. The summed E-state index contributed by atoms with van der Waals surface area (Å²) in [4.78, 5) is 13.5. The van der Waals surface area contributed by atoms with Crippen molar-refractivity contribution in [3.8, 4) is 0 Å². The first-order valence-electron chi connectivity index (χ1n) is 6.64. The lowest BCUT2D eigenvalue weighted by molar-refractivity contribution is -0.139. The van der Waals surface area contributed by atoms with Crippen LogP contribution < -0.4 is 5.32 Å². The van der Waals surface area contributed by atoms with Gasteiger partial charge in [-0.15, -0.1) is 11.3 Å². The number of nitrogens with one attached hydrogen (secondary N) is 1. The minimum absolute atomic E-state index is 0.200. The lowest BCUT2D eigenvalue weighted by atomic mass is 10.1. The molecule has 0 unspecified atom stereocenters. The Labute approximate surface area is 137 Å². The van der Waals surface area contributed by atoms with Gasteiger partial charge in [-0.3, -0.25) is 4.79 Å². The zero-order valence-electron chi connectivity index (χ0n) is 12.3. The number of hydrogen-bond donors (Lipinski definition) is 1. The molecule has 0 amide bonds.